The van der Waals surface area contributed by atoms with E-state index >= 15 is 0 Å². The average Bonchev–Trinajstić information content (AvgIpc) is 2.24. The standard InChI is InChI=1S/C11H14F3NO/c1-16-15(9-5-8-11(12,13)14)10-6-3-2-4-7-10/h2-4,6-7H,5,8-9H2,1H3. The number of anilines is 1. The number of halogens is 3. The predicted octanol–water partition coefficient (Wildman–Crippen LogP) is 3.40. The molecule has 0 aliphatic carbocycles. The number of nitrogens with zero attached hydrogens (tertiary/aromatic N) is 1. The Morgan fingerprint density at radius 1 is 1.19 bits per heavy atom. The van der Waals surface area contributed by atoms with E-state index in [1.54, 1.807) is 12.1 Å². The number of hydrogen-bond acceptors (Lipinski definition) is 2. The van der Waals surface area contributed by atoms with E-state index in [9.17, 15) is 13.2 Å². The van der Waals surface area contributed by atoms with Gasteiger partial charge in [-0.05, 0) is 18.6 Å². The molecule has 0 saturated heterocycles. The monoisotopic (exact) mass is 233 g/mol. The maximum atomic E-state index is 12.0. The molecular weight excluding hydrogens is 219 g/mol. The van der Waals surface area contributed by atoms with Gasteiger partial charge in [0.25, 0.3) is 0 Å². The van der Waals surface area contributed by atoms with Crippen LogP contribution in [0.3, 0.4) is 0 Å². The summed E-state index contributed by atoms with van der Waals surface area (Å²) in [5, 5.41) is 1.45. The second-order valence-electron chi connectivity index (χ2n) is 3.34. The zero-order valence-corrected chi connectivity index (χ0v) is 9.00. The first-order valence-electron chi connectivity index (χ1n) is 4.96. The Labute approximate surface area is 92.6 Å². The van der Waals surface area contributed by atoms with Crippen LogP contribution in [0.4, 0.5) is 18.9 Å². The molecule has 16 heavy (non-hydrogen) atoms. The van der Waals surface area contributed by atoms with Gasteiger partial charge in [0.15, 0.2) is 0 Å². The Balaban J connectivity index is 2.45. The summed E-state index contributed by atoms with van der Waals surface area (Å²) in [6, 6.07) is 9.04. The van der Waals surface area contributed by atoms with Gasteiger partial charge in [0.2, 0.25) is 0 Å². The number of rotatable bonds is 5. The van der Waals surface area contributed by atoms with Gasteiger partial charge in [0.1, 0.15) is 0 Å². The lowest BCUT2D eigenvalue weighted by atomic mass is 10.2. The van der Waals surface area contributed by atoms with Gasteiger partial charge in [-0.25, -0.2) is 0 Å². The smallest absolute Gasteiger partial charge is 0.277 e. The quantitative estimate of drug-likeness (QED) is 0.723. The van der Waals surface area contributed by atoms with E-state index in [0.717, 1.165) is 5.69 Å². The summed E-state index contributed by atoms with van der Waals surface area (Å²) < 4.78 is 35.9. The first kappa shape index (κ1) is 12.8. The van der Waals surface area contributed by atoms with Crippen LogP contribution in [0, 0.1) is 0 Å². The van der Waals surface area contributed by atoms with Gasteiger partial charge in [0, 0.05) is 13.0 Å². The first-order valence-corrected chi connectivity index (χ1v) is 4.96. The van der Waals surface area contributed by atoms with Crippen LogP contribution in [0.1, 0.15) is 12.8 Å². The van der Waals surface area contributed by atoms with E-state index in [1.165, 1.54) is 12.2 Å². The van der Waals surface area contributed by atoms with Crippen LogP contribution in [-0.2, 0) is 4.84 Å². The van der Waals surface area contributed by atoms with Crippen LogP contribution in [0.15, 0.2) is 30.3 Å². The van der Waals surface area contributed by atoms with E-state index < -0.39 is 12.6 Å². The number of hydroxylamine groups is 1. The Hall–Kier alpha value is -1.23. The molecule has 0 unspecified atom stereocenters. The van der Waals surface area contributed by atoms with E-state index in [4.69, 9.17) is 4.84 Å². The van der Waals surface area contributed by atoms with Crippen molar-refractivity contribution in [3.05, 3.63) is 30.3 Å². The minimum absolute atomic E-state index is 0.0201. The maximum Gasteiger partial charge on any atom is 0.389 e. The van der Waals surface area contributed by atoms with Gasteiger partial charge in [0.05, 0.1) is 12.8 Å². The summed E-state index contributed by atoms with van der Waals surface area (Å²) in [5.74, 6) is 0. The van der Waals surface area contributed by atoms with E-state index in [2.05, 4.69) is 0 Å². The fourth-order valence-electron chi connectivity index (χ4n) is 1.34. The second-order valence-corrected chi connectivity index (χ2v) is 3.34. The summed E-state index contributed by atoms with van der Waals surface area (Å²) in [6.45, 7) is 0.222. The molecule has 0 bridgehead atoms. The molecule has 90 valence electrons. The molecule has 0 atom stereocenters. The molecule has 5 heteroatoms. The molecule has 0 aromatic heterocycles. The molecule has 0 heterocycles. The summed E-state index contributed by atoms with van der Waals surface area (Å²) in [5.41, 5.74) is 0.757. The maximum absolute atomic E-state index is 12.0. The zero-order valence-electron chi connectivity index (χ0n) is 9.00. The molecular formula is C11H14F3NO. The molecule has 2 nitrogen and oxygen atoms in total. The molecule has 1 aromatic carbocycles. The van der Waals surface area contributed by atoms with E-state index in [-0.39, 0.29) is 13.0 Å². The summed E-state index contributed by atoms with van der Waals surface area (Å²) in [4.78, 5) is 5.02. The molecule has 0 N–H and O–H groups in total. The van der Waals surface area contributed by atoms with Crippen LogP contribution in [0.5, 0.6) is 0 Å². The lowest BCUT2D eigenvalue weighted by molar-refractivity contribution is -0.135. The highest BCUT2D eigenvalue weighted by molar-refractivity contribution is 5.43. The Morgan fingerprint density at radius 3 is 2.31 bits per heavy atom. The molecule has 0 amide bonds. The Bertz CT molecular complexity index is 300. The predicted molar refractivity (Wildman–Crippen MR) is 56.1 cm³/mol. The fourth-order valence-corrected chi connectivity index (χ4v) is 1.34. The molecule has 1 aromatic rings. The topological polar surface area (TPSA) is 12.5 Å². The van der Waals surface area contributed by atoms with Crippen molar-refractivity contribution in [2.45, 2.75) is 19.0 Å². The Morgan fingerprint density at radius 2 is 1.81 bits per heavy atom. The van der Waals surface area contributed by atoms with Crippen LogP contribution in [0.2, 0.25) is 0 Å². The van der Waals surface area contributed by atoms with Gasteiger partial charge in [-0.1, -0.05) is 18.2 Å². The first-order chi connectivity index (χ1) is 7.53. The van der Waals surface area contributed by atoms with Crippen molar-refractivity contribution in [2.75, 3.05) is 18.7 Å². The number of benzene rings is 1. The van der Waals surface area contributed by atoms with Crippen LogP contribution in [-0.4, -0.2) is 19.8 Å². The third-order valence-electron chi connectivity index (χ3n) is 2.09. The molecule has 0 aliphatic rings. The SMILES string of the molecule is CON(CCCC(F)(F)F)c1ccccc1. The lowest BCUT2D eigenvalue weighted by Gasteiger charge is -2.21. The molecule has 1 rings (SSSR count). The Kier molecular flexibility index (Phi) is 4.61. The normalized spacial score (nSPS) is 11.5. The highest BCUT2D eigenvalue weighted by atomic mass is 19.4. The minimum Gasteiger partial charge on any atom is -0.277 e. The highest BCUT2D eigenvalue weighted by Crippen LogP contribution is 2.22. The van der Waals surface area contributed by atoms with Crippen molar-refractivity contribution in [1.82, 2.24) is 0 Å². The van der Waals surface area contributed by atoms with Gasteiger partial charge < -0.3 is 0 Å². The molecule has 0 radical (unpaired) electrons. The third kappa shape index (κ3) is 4.53. The highest BCUT2D eigenvalue weighted by Gasteiger charge is 2.26. The van der Waals surface area contributed by atoms with Crippen LogP contribution in [0.25, 0.3) is 0 Å². The average molecular weight is 233 g/mol. The van der Waals surface area contributed by atoms with Crippen LogP contribution >= 0.6 is 0 Å². The van der Waals surface area contributed by atoms with Crippen molar-refractivity contribution in [1.29, 1.82) is 0 Å². The van der Waals surface area contributed by atoms with Gasteiger partial charge in [-0.15, -0.1) is 0 Å². The van der Waals surface area contributed by atoms with Crippen molar-refractivity contribution in [2.24, 2.45) is 0 Å². The summed E-state index contributed by atoms with van der Waals surface area (Å²) >= 11 is 0. The molecule has 0 fully saturated rings. The van der Waals surface area contributed by atoms with Crippen molar-refractivity contribution in [3.8, 4) is 0 Å². The zero-order chi connectivity index (χ0) is 12.0. The molecule has 0 aliphatic heterocycles. The number of para-hydroxylation sites is 1. The number of hydrogen-bond donors (Lipinski definition) is 0. The minimum atomic E-state index is -4.10. The van der Waals surface area contributed by atoms with E-state index in [1.807, 2.05) is 18.2 Å². The summed E-state index contributed by atoms with van der Waals surface area (Å²) in [7, 11) is 1.45. The number of alkyl halides is 3. The lowest BCUT2D eigenvalue weighted by Crippen LogP contribution is -2.24. The summed E-state index contributed by atoms with van der Waals surface area (Å²) in [6.07, 6.45) is -4.87. The van der Waals surface area contributed by atoms with Crippen molar-refractivity contribution in [3.63, 3.8) is 0 Å². The second kappa shape index (κ2) is 5.75. The molecule has 0 saturated carbocycles. The van der Waals surface area contributed by atoms with Crippen molar-refractivity contribution >= 4 is 5.69 Å². The third-order valence-corrected chi connectivity index (χ3v) is 2.09. The van der Waals surface area contributed by atoms with E-state index in [0.29, 0.717) is 0 Å². The van der Waals surface area contributed by atoms with Gasteiger partial charge in [-0.3, -0.25) is 9.90 Å². The van der Waals surface area contributed by atoms with Crippen molar-refractivity contribution < 1.29 is 18.0 Å². The van der Waals surface area contributed by atoms with Crippen LogP contribution < -0.4 is 5.06 Å². The van der Waals surface area contributed by atoms with Gasteiger partial charge >= 0.3 is 6.18 Å². The largest absolute Gasteiger partial charge is 0.389 e. The molecule has 0 spiro atoms. The fraction of sp³-hybridized carbons (Fsp3) is 0.455. The van der Waals surface area contributed by atoms with Gasteiger partial charge in [-0.2, -0.15) is 13.2 Å².